The number of quaternary nitrogens is 1. The van der Waals surface area contributed by atoms with Crippen molar-refractivity contribution in [1.29, 1.82) is 0 Å². The van der Waals surface area contributed by atoms with Crippen molar-refractivity contribution in [3.05, 3.63) is 85.1 Å². The lowest BCUT2D eigenvalue weighted by Gasteiger charge is -2.28. The highest BCUT2D eigenvalue weighted by atomic mass is 31.2. The minimum atomic E-state index is -4.66. The van der Waals surface area contributed by atoms with E-state index < -0.39 is 32.5 Å². The highest BCUT2D eigenvalue weighted by Gasteiger charge is 2.21. The maximum absolute atomic E-state index is 12.6. The lowest BCUT2D eigenvalue weighted by Crippen LogP contribution is -2.37. The van der Waals surface area contributed by atoms with Gasteiger partial charge in [-0.15, -0.1) is 0 Å². The minimum Gasteiger partial charge on any atom is -0.756 e. The van der Waals surface area contributed by atoms with Crippen molar-refractivity contribution in [3.63, 3.8) is 0 Å². The van der Waals surface area contributed by atoms with E-state index in [2.05, 4.69) is 80.7 Å². The van der Waals surface area contributed by atoms with Gasteiger partial charge in [0.2, 0.25) is 0 Å². The number of phosphoric acid groups is 1. The number of carbonyl (C=O) groups is 2. The van der Waals surface area contributed by atoms with Crippen LogP contribution in [0.25, 0.3) is 0 Å². The van der Waals surface area contributed by atoms with Crippen LogP contribution >= 0.6 is 7.82 Å². The van der Waals surface area contributed by atoms with Crippen molar-refractivity contribution in [3.8, 4) is 0 Å². The Labute approximate surface area is 354 Å². The molecular formula is C48H82NO8P. The van der Waals surface area contributed by atoms with Gasteiger partial charge in [0.1, 0.15) is 19.8 Å². The molecule has 0 aromatic rings. The maximum atomic E-state index is 12.6. The van der Waals surface area contributed by atoms with E-state index in [1.165, 1.54) is 64.2 Å². The Kier molecular flexibility index (Phi) is 37.7. The summed E-state index contributed by atoms with van der Waals surface area (Å²) in [7, 11) is 1.09. The summed E-state index contributed by atoms with van der Waals surface area (Å²) in [5, 5.41) is 0. The third-order valence-electron chi connectivity index (χ3n) is 8.93. The predicted molar refractivity (Wildman–Crippen MR) is 240 cm³/mol. The number of phosphoric ester groups is 1. The Morgan fingerprint density at radius 1 is 0.552 bits per heavy atom. The summed E-state index contributed by atoms with van der Waals surface area (Å²) in [6.45, 7) is 3.97. The predicted octanol–water partition coefficient (Wildman–Crippen LogP) is 12.2. The number of ether oxygens (including phenoxy) is 2. The summed E-state index contributed by atoms with van der Waals surface area (Å²) in [5.41, 5.74) is 0. The van der Waals surface area contributed by atoms with Crippen molar-refractivity contribution in [2.75, 3.05) is 47.5 Å². The van der Waals surface area contributed by atoms with Crippen molar-refractivity contribution in [2.24, 2.45) is 0 Å². The normalized spacial score (nSPS) is 14.4. The zero-order valence-corrected chi connectivity index (χ0v) is 38.1. The van der Waals surface area contributed by atoms with Gasteiger partial charge in [-0.05, 0) is 64.2 Å². The molecular weight excluding hydrogens is 750 g/mol. The fraction of sp³-hybridized carbons (Fsp3) is 0.667. The number of hydrogen-bond acceptors (Lipinski definition) is 8. The van der Waals surface area contributed by atoms with Gasteiger partial charge in [-0.1, -0.05) is 163 Å². The zero-order valence-electron chi connectivity index (χ0n) is 37.2. The van der Waals surface area contributed by atoms with Crippen molar-refractivity contribution < 1.29 is 42.1 Å². The SMILES string of the molecule is CC/C=C\C/C=C\C/C=C\C/C=C\C/C=C\C/C=C\CCC(=O)OC(COC(=O)CC/C=C\CCCCCCCCCCCCC)COP(=O)([O-])OCC[N+](C)(C)C. The number of unbranched alkanes of at least 4 members (excludes halogenated alkanes) is 11. The van der Waals surface area contributed by atoms with Crippen LogP contribution < -0.4 is 4.89 Å². The largest absolute Gasteiger partial charge is 0.756 e. The zero-order chi connectivity index (χ0) is 42.8. The van der Waals surface area contributed by atoms with Crippen LogP contribution in [0.15, 0.2) is 85.1 Å². The Hall–Kier alpha value is -2.81. The van der Waals surface area contributed by atoms with Crippen LogP contribution in [0.1, 0.15) is 155 Å². The molecule has 0 spiro atoms. The first-order chi connectivity index (χ1) is 28.0. The third kappa shape index (κ3) is 42.8. The molecule has 0 N–H and O–H groups in total. The number of likely N-dealkylation sites (N-methyl/N-ethyl adjacent to an activating group) is 1. The quantitative estimate of drug-likeness (QED) is 0.0198. The number of rotatable bonds is 39. The van der Waals surface area contributed by atoms with E-state index in [-0.39, 0.29) is 26.1 Å². The van der Waals surface area contributed by atoms with Crippen molar-refractivity contribution in [2.45, 2.75) is 161 Å². The van der Waals surface area contributed by atoms with Crippen LogP contribution in [0.2, 0.25) is 0 Å². The average molecular weight is 832 g/mol. The summed E-state index contributed by atoms with van der Waals surface area (Å²) in [5.74, 6) is -0.996. The van der Waals surface area contributed by atoms with Gasteiger partial charge in [-0.2, -0.15) is 0 Å². The molecule has 0 fully saturated rings. The first-order valence-corrected chi connectivity index (χ1v) is 23.8. The van der Waals surface area contributed by atoms with Gasteiger partial charge in [0.15, 0.2) is 6.10 Å². The molecule has 0 bridgehead atoms. The highest BCUT2D eigenvalue weighted by molar-refractivity contribution is 7.45. The molecule has 10 heteroatoms. The lowest BCUT2D eigenvalue weighted by molar-refractivity contribution is -0.870. The van der Waals surface area contributed by atoms with Crippen LogP contribution in [0.5, 0.6) is 0 Å². The molecule has 2 unspecified atom stereocenters. The summed E-state index contributed by atoms with van der Waals surface area (Å²) >= 11 is 0. The van der Waals surface area contributed by atoms with E-state index in [9.17, 15) is 19.0 Å². The lowest BCUT2D eigenvalue weighted by atomic mass is 10.1. The van der Waals surface area contributed by atoms with E-state index in [1.54, 1.807) is 0 Å². The minimum absolute atomic E-state index is 0.0531. The standard InChI is InChI=1S/C48H82NO8P/c1-6-8-10-12-14-16-18-20-22-23-24-25-27-29-31-33-35-37-39-41-48(51)57-46(45-56-58(52,53)55-43-42-49(3,4)5)44-54-47(50)40-38-36-34-32-30-28-26-21-19-17-15-13-11-9-7-2/h8,10,14,16,20,22,24-25,29,31,34-37,46H,6-7,9,11-13,15,17-19,21,23,26-28,30,32-33,38-45H2,1-5H3/b10-8-,16-14-,22-20-,25-24-,31-29-,36-34-,37-35-. The number of carbonyl (C=O) groups excluding carboxylic acids is 2. The van der Waals surface area contributed by atoms with Gasteiger partial charge in [-0.3, -0.25) is 14.2 Å². The van der Waals surface area contributed by atoms with Crippen LogP contribution in [-0.4, -0.2) is 70.0 Å². The fourth-order valence-corrected chi connectivity index (χ4v) is 6.19. The first-order valence-electron chi connectivity index (χ1n) is 22.3. The Morgan fingerprint density at radius 3 is 1.48 bits per heavy atom. The molecule has 0 aromatic heterocycles. The molecule has 332 valence electrons. The monoisotopic (exact) mass is 832 g/mol. The van der Waals surface area contributed by atoms with E-state index >= 15 is 0 Å². The molecule has 58 heavy (non-hydrogen) atoms. The summed E-state index contributed by atoms with van der Waals surface area (Å²) in [4.78, 5) is 37.5. The second-order valence-corrected chi connectivity index (χ2v) is 17.1. The van der Waals surface area contributed by atoms with Crippen LogP contribution in [0.4, 0.5) is 0 Å². The van der Waals surface area contributed by atoms with Crippen LogP contribution in [-0.2, 0) is 32.7 Å². The second-order valence-electron chi connectivity index (χ2n) is 15.7. The van der Waals surface area contributed by atoms with Gasteiger partial charge in [0.25, 0.3) is 7.82 Å². The van der Waals surface area contributed by atoms with E-state index in [4.69, 9.17) is 18.5 Å². The summed E-state index contributed by atoms with van der Waals surface area (Å²) in [6.07, 6.45) is 50.7. The molecule has 0 heterocycles. The average Bonchev–Trinajstić information content (AvgIpc) is 3.17. The molecule has 0 aromatic carbocycles. The third-order valence-corrected chi connectivity index (χ3v) is 9.89. The smallest absolute Gasteiger partial charge is 0.306 e. The maximum Gasteiger partial charge on any atom is 0.306 e. The molecule has 2 atom stereocenters. The number of nitrogens with zero attached hydrogens (tertiary/aromatic N) is 1. The fourth-order valence-electron chi connectivity index (χ4n) is 5.46. The molecule has 0 saturated carbocycles. The van der Waals surface area contributed by atoms with E-state index in [1.807, 2.05) is 39.4 Å². The molecule has 0 amide bonds. The first kappa shape index (κ1) is 55.2. The van der Waals surface area contributed by atoms with Crippen molar-refractivity contribution >= 4 is 19.8 Å². The Bertz CT molecular complexity index is 1260. The van der Waals surface area contributed by atoms with Gasteiger partial charge in [0.05, 0.1) is 27.7 Å². The van der Waals surface area contributed by atoms with Gasteiger partial charge in [0, 0.05) is 12.8 Å². The van der Waals surface area contributed by atoms with Gasteiger partial charge >= 0.3 is 11.9 Å². The topological polar surface area (TPSA) is 111 Å². The molecule has 0 radical (unpaired) electrons. The van der Waals surface area contributed by atoms with Gasteiger partial charge in [-0.25, -0.2) is 0 Å². The van der Waals surface area contributed by atoms with Gasteiger partial charge < -0.3 is 27.9 Å². The highest BCUT2D eigenvalue weighted by Crippen LogP contribution is 2.38. The van der Waals surface area contributed by atoms with Crippen LogP contribution in [0, 0.1) is 0 Å². The molecule has 9 nitrogen and oxygen atoms in total. The molecule has 0 saturated heterocycles. The number of esters is 2. The second kappa shape index (κ2) is 39.6. The number of hydrogen-bond donors (Lipinski definition) is 0. The Balaban J connectivity index is 4.54. The molecule has 0 aliphatic carbocycles. The molecule has 0 aliphatic heterocycles. The molecule has 0 rings (SSSR count). The van der Waals surface area contributed by atoms with Crippen molar-refractivity contribution in [1.82, 2.24) is 0 Å². The van der Waals surface area contributed by atoms with E-state index in [0.29, 0.717) is 23.9 Å². The molecule has 0 aliphatic rings. The summed E-state index contributed by atoms with van der Waals surface area (Å²) < 4.78 is 33.7. The van der Waals surface area contributed by atoms with Crippen LogP contribution in [0.3, 0.4) is 0 Å². The Morgan fingerprint density at radius 2 is 0.983 bits per heavy atom. The van der Waals surface area contributed by atoms with E-state index in [0.717, 1.165) is 51.4 Å². The number of allylic oxidation sites excluding steroid dienone is 14. The summed E-state index contributed by atoms with van der Waals surface area (Å²) in [6, 6.07) is 0.